The lowest BCUT2D eigenvalue weighted by atomic mass is 10.1. The van der Waals surface area contributed by atoms with E-state index in [0.29, 0.717) is 30.9 Å². The Bertz CT molecular complexity index is 800. The van der Waals surface area contributed by atoms with E-state index in [1.165, 1.54) is 16.4 Å². The third-order valence-corrected chi connectivity index (χ3v) is 6.12. The van der Waals surface area contributed by atoms with Crippen molar-refractivity contribution in [2.45, 2.75) is 24.8 Å². The molecule has 0 aliphatic carbocycles. The Balaban J connectivity index is 2.05. The number of hydrogen-bond acceptors (Lipinski definition) is 5. The Morgan fingerprint density at radius 1 is 1.39 bits per heavy atom. The first kappa shape index (κ1) is 16.1. The molecule has 1 aromatic carbocycles. The van der Waals surface area contributed by atoms with Gasteiger partial charge < -0.3 is 9.84 Å². The summed E-state index contributed by atoms with van der Waals surface area (Å²) in [6, 6.07) is 5.55. The van der Waals surface area contributed by atoms with Crippen LogP contribution in [-0.4, -0.2) is 37.5 Å². The number of nitrogens with zero attached hydrogens (tertiary/aromatic N) is 2. The third kappa shape index (κ3) is 2.89. The normalized spacial score (nSPS) is 19.9. The van der Waals surface area contributed by atoms with Crippen molar-refractivity contribution in [1.29, 1.82) is 0 Å². The molecule has 23 heavy (non-hydrogen) atoms. The molecule has 1 saturated heterocycles. The van der Waals surface area contributed by atoms with Crippen molar-refractivity contribution in [3.63, 3.8) is 0 Å². The molecular weight excluding hydrogens is 321 g/mol. The second-order valence-electron chi connectivity index (χ2n) is 5.54. The minimum atomic E-state index is -3.78. The molecule has 2 heterocycles. The lowest BCUT2D eigenvalue weighted by molar-refractivity contribution is 0.270. The zero-order chi connectivity index (χ0) is 16.6. The standard InChI is InChI=1S/C15H18FN3O3S/c1-10-15(11(2)22-18-10)23(20,21)19-7-6-17-9-14(19)12-4-3-5-13(16)8-12/h3-5,8,14,17H,6-7,9H2,1-2H3. The van der Waals surface area contributed by atoms with E-state index in [4.69, 9.17) is 4.52 Å². The van der Waals surface area contributed by atoms with Crippen LogP contribution < -0.4 is 5.32 Å². The van der Waals surface area contributed by atoms with Gasteiger partial charge in [-0.3, -0.25) is 0 Å². The van der Waals surface area contributed by atoms with Gasteiger partial charge in [0, 0.05) is 19.6 Å². The molecule has 1 N–H and O–H groups in total. The average Bonchev–Trinajstić information content (AvgIpc) is 2.87. The van der Waals surface area contributed by atoms with Gasteiger partial charge in [0.1, 0.15) is 16.4 Å². The number of sulfonamides is 1. The highest BCUT2D eigenvalue weighted by Gasteiger charge is 2.37. The number of aryl methyl sites for hydroxylation is 2. The quantitative estimate of drug-likeness (QED) is 0.922. The lowest BCUT2D eigenvalue weighted by Crippen LogP contribution is -2.48. The second kappa shape index (κ2) is 6.03. The first-order valence-electron chi connectivity index (χ1n) is 7.32. The number of benzene rings is 1. The predicted molar refractivity (Wildman–Crippen MR) is 81.9 cm³/mol. The Morgan fingerprint density at radius 3 is 2.83 bits per heavy atom. The van der Waals surface area contributed by atoms with Crippen molar-refractivity contribution in [3.8, 4) is 0 Å². The minimum Gasteiger partial charge on any atom is -0.360 e. The van der Waals surface area contributed by atoms with Gasteiger partial charge in [0.15, 0.2) is 5.76 Å². The van der Waals surface area contributed by atoms with Crippen molar-refractivity contribution in [1.82, 2.24) is 14.8 Å². The molecular formula is C15H18FN3O3S. The highest BCUT2D eigenvalue weighted by Crippen LogP contribution is 2.31. The summed E-state index contributed by atoms with van der Waals surface area (Å²) in [6.45, 7) is 4.43. The SMILES string of the molecule is Cc1noc(C)c1S(=O)(=O)N1CCNCC1c1cccc(F)c1. The minimum absolute atomic E-state index is 0.0980. The maximum absolute atomic E-state index is 13.5. The molecule has 6 nitrogen and oxygen atoms in total. The van der Waals surface area contributed by atoms with Gasteiger partial charge in [0.2, 0.25) is 10.0 Å². The summed E-state index contributed by atoms with van der Waals surface area (Å²) in [5.41, 5.74) is 0.951. The van der Waals surface area contributed by atoms with E-state index in [2.05, 4.69) is 10.5 Å². The van der Waals surface area contributed by atoms with Gasteiger partial charge in [-0.25, -0.2) is 12.8 Å². The van der Waals surface area contributed by atoms with Crippen molar-refractivity contribution in [2.75, 3.05) is 19.6 Å². The second-order valence-corrected chi connectivity index (χ2v) is 7.37. The van der Waals surface area contributed by atoms with Gasteiger partial charge in [-0.05, 0) is 31.5 Å². The topological polar surface area (TPSA) is 75.4 Å². The van der Waals surface area contributed by atoms with E-state index in [0.717, 1.165) is 0 Å². The number of halogens is 1. The molecule has 8 heteroatoms. The smallest absolute Gasteiger partial charge is 0.249 e. The molecule has 1 aliphatic heterocycles. The molecule has 0 bridgehead atoms. The van der Waals surface area contributed by atoms with Crippen LogP contribution in [0.2, 0.25) is 0 Å². The van der Waals surface area contributed by atoms with Gasteiger partial charge in [0.05, 0.1) is 6.04 Å². The average molecular weight is 339 g/mol. The Hall–Kier alpha value is -1.77. The summed E-state index contributed by atoms with van der Waals surface area (Å²) in [5.74, 6) is -0.123. The molecule has 2 aromatic rings. The van der Waals surface area contributed by atoms with E-state index in [1.807, 2.05) is 0 Å². The molecule has 1 unspecified atom stereocenters. The summed E-state index contributed by atoms with van der Waals surface area (Å²) in [6.07, 6.45) is 0. The number of aromatic nitrogens is 1. The third-order valence-electron chi connectivity index (χ3n) is 3.96. The summed E-state index contributed by atoms with van der Waals surface area (Å²) in [4.78, 5) is 0.0980. The molecule has 0 spiro atoms. The molecule has 1 aliphatic rings. The Labute approximate surface area is 134 Å². The first-order chi connectivity index (χ1) is 10.9. The van der Waals surface area contributed by atoms with Crippen LogP contribution in [0.5, 0.6) is 0 Å². The Kier molecular flexibility index (Phi) is 4.22. The van der Waals surface area contributed by atoms with Gasteiger partial charge in [-0.1, -0.05) is 17.3 Å². The molecule has 1 aromatic heterocycles. The molecule has 1 fully saturated rings. The monoisotopic (exact) mass is 339 g/mol. The highest BCUT2D eigenvalue weighted by molar-refractivity contribution is 7.89. The van der Waals surface area contributed by atoms with Crippen molar-refractivity contribution < 1.29 is 17.3 Å². The van der Waals surface area contributed by atoms with E-state index in [9.17, 15) is 12.8 Å². The van der Waals surface area contributed by atoms with Crippen molar-refractivity contribution >= 4 is 10.0 Å². The van der Waals surface area contributed by atoms with E-state index < -0.39 is 16.1 Å². The fraction of sp³-hybridized carbons (Fsp3) is 0.400. The first-order valence-corrected chi connectivity index (χ1v) is 8.76. The predicted octanol–water partition coefficient (Wildman–Crippen LogP) is 1.77. The van der Waals surface area contributed by atoms with Crippen LogP contribution in [0.4, 0.5) is 4.39 Å². The van der Waals surface area contributed by atoms with Crippen molar-refractivity contribution in [2.24, 2.45) is 0 Å². The van der Waals surface area contributed by atoms with Crippen LogP contribution in [0.25, 0.3) is 0 Å². The number of nitrogens with one attached hydrogen (secondary N) is 1. The van der Waals surface area contributed by atoms with Crippen LogP contribution >= 0.6 is 0 Å². The molecule has 0 saturated carbocycles. The van der Waals surface area contributed by atoms with Crippen LogP contribution in [0, 0.1) is 19.7 Å². The Morgan fingerprint density at radius 2 is 2.17 bits per heavy atom. The van der Waals surface area contributed by atoms with E-state index >= 15 is 0 Å². The van der Waals surface area contributed by atoms with Crippen LogP contribution in [-0.2, 0) is 10.0 Å². The van der Waals surface area contributed by atoms with Gasteiger partial charge >= 0.3 is 0 Å². The summed E-state index contributed by atoms with van der Waals surface area (Å²) in [5, 5.41) is 6.89. The fourth-order valence-electron chi connectivity index (χ4n) is 2.93. The van der Waals surface area contributed by atoms with Gasteiger partial charge in [-0.15, -0.1) is 0 Å². The van der Waals surface area contributed by atoms with Gasteiger partial charge in [-0.2, -0.15) is 4.31 Å². The lowest BCUT2D eigenvalue weighted by Gasteiger charge is -2.35. The maximum atomic E-state index is 13.5. The van der Waals surface area contributed by atoms with E-state index in [-0.39, 0.29) is 16.5 Å². The molecule has 0 radical (unpaired) electrons. The van der Waals surface area contributed by atoms with Gasteiger partial charge in [0.25, 0.3) is 0 Å². The molecule has 1 atom stereocenters. The van der Waals surface area contributed by atoms with Crippen LogP contribution in [0.3, 0.4) is 0 Å². The summed E-state index contributed by atoms with van der Waals surface area (Å²) >= 11 is 0. The van der Waals surface area contributed by atoms with Crippen molar-refractivity contribution in [3.05, 3.63) is 47.1 Å². The highest BCUT2D eigenvalue weighted by atomic mass is 32.2. The van der Waals surface area contributed by atoms with Crippen LogP contribution in [0.1, 0.15) is 23.1 Å². The molecule has 0 amide bonds. The maximum Gasteiger partial charge on any atom is 0.249 e. The molecule has 3 rings (SSSR count). The van der Waals surface area contributed by atoms with E-state index in [1.54, 1.807) is 26.0 Å². The summed E-state index contributed by atoms with van der Waals surface area (Å²) < 4.78 is 46.1. The van der Waals surface area contributed by atoms with Crippen LogP contribution in [0.15, 0.2) is 33.7 Å². The largest absolute Gasteiger partial charge is 0.360 e. The number of hydrogen-bond donors (Lipinski definition) is 1. The zero-order valence-electron chi connectivity index (χ0n) is 12.9. The number of piperazine rings is 1. The zero-order valence-corrected chi connectivity index (χ0v) is 13.7. The number of rotatable bonds is 3. The fourth-order valence-corrected chi connectivity index (χ4v) is 4.84. The summed E-state index contributed by atoms with van der Waals surface area (Å²) in [7, 11) is -3.78. The molecule has 124 valence electrons.